The van der Waals surface area contributed by atoms with E-state index in [1.165, 1.54) is 51.4 Å². The zero-order chi connectivity index (χ0) is 23.6. The third kappa shape index (κ3) is 5.23. The first kappa shape index (κ1) is 24.5. The quantitative estimate of drug-likeness (QED) is 0.507. The van der Waals surface area contributed by atoms with Gasteiger partial charge in [0, 0.05) is 6.54 Å². The van der Waals surface area contributed by atoms with Crippen LogP contribution in [0.15, 0.2) is 0 Å². The molecule has 7 nitrogen and oxygen atoms in total. The highest BCUT2D eigenvalue weighted by Crippen LogP contribution is 2.60. The third-order valence-electron chi connectivity index (χ3n) is 9.11. The van der Waals surface area contributed by atoms with Gasteiger partial charge in [-0.1, -0.05) is 38.5 Å². The summed E-state index contributed by atoms with van der Waals surface area (Å²) in [7, 11) is 0. The van der Waals surface area contributed by atoms with Crippen LogP contribution in [-0.2, 0) is 19.1 Å². The third-order valence-corrected chi connectivity index (χ3v) is 9.11. The smallest absolute Gasteiger partial charge is 0.326 e. The van der Waals surface area contributed by atoms with Crippen LogP contribution in [0.5, 0.6) is 0 Å². The average molecular weight is 463 g/mol. The number of nitrogens with one attached hydrogen (secondary N) is 1. The average Bonchev–Trinajstić information content (AvgIpc) is 3.51. The van der Waals surface area contributed by atoms with Crippen LogP contribution in [0.1, 0.15) is 90.9 Å². The van der Waals surface area contributed by atoms with E-state index in [0.717, 1.165) is 12.8 Å². The van der Waals surface area contributed by atoms with E-state index in [9.17, 15) is 19.5 Å². The lowest BCUT2D eigenvalue weighted by Gasteiger charge is -2.34. The Bertz CT molecular complexity index is 736. The van der Waals surface area contributed by atoms with Crippen LogP contribution in [0.4, 0.5) is 0 Å². The number of rotatable bonds is 9. The zero-order valence-corrected chi connectivity index (χ0v) is 20.4. The Hall–Kier alpha value is -1.63. The summed E-state index contributed by atoms with van der Waals surface area (Å²) in [5, 5.41) is 13.1. The maximum absolute atomic E-state index is 13.5. The first-order valence-corrected chi connectivity index (χ1v) is 13.3. The summed E-state index contributed by atoms with van der Waals surface area (Å²) >= 11 is 0. The molecule has 0 aromatic carbocycles. The Kier molecular flexibility index (Phi) is 7.66. The lowest BCUT2D eigenvalue weighted by atomic mass is 9.72. The highest BCUT2D eigenvalue weighted by atomic mass is 16.5. The van der Waals surface area contributed by atoms with Crippen molar-refractivity contribution in [2.75, 3.05) is 13.2 Å². The number of fused-ring (bicyclic) bond motifs is 3. The Morgan fingerprint density at radius 3 is 2.48 bits per heavy atom. The summed E-state index contributed by atoms with van der Waals surface area (Å²) in [5.74, 6) is 0.463. The highest BCUT2D eigenvalue weighted by molar-refractivity contribution is 5.88. The molecule has 2 bridgehead atoms. The predicted molar refractivity (Wildman–Crippen MR) is 124 cm³/mol. The summed E-state index contributed by atoms with van der Waals surface area (Å²) < 4.78 is 5.30. The lowest BCUT2D eigenvalue weighted by molar-refractivity contribution is -0.150. The minimum absolute atomic E-state index is 0.0249. The fraction of sp³-hybridized carbons (Fsp3) is 0.885. The van der Waals surface area contributed by atoms with Crippen molar-refractivity contribution in [1.82, 2.24) is 10.2 Å². The van der Waals surface area contributed by atoms with Crippen LogP contribution < -0.4 is 5.32 Å². The second-order valence-electron chi connectivity index (χ2n) is 11.2. The molecule has 1 spiro atoms. The van der Waals surface area contributed by atoms with Gasteiger partial charge in [-0.2, -0.15) is 0 Å². The lowest BCUT2D eigenvalue weighted by Crippen LogP contribution is -2.53. The van der Waals surface area contributed by atoms with E-state index in [-0.39, 0.29) is 17.3 Å². The van der Waals surface area contributed by atoms with Crippen LogP contribution in [0.3, 0.4) is 0 Å². The van der Waals surface area contributed by atoms with E-state index >= 15 is 0 Å². The van der Waals surface area contributed by atoms with E-state index < -0.39 is 24.1 Å². The fourth-order valence-electron chi connectivity index (χ4n) is 7.48. The highest BCUT2D eigenvalue weighted by Gasteiger charge is 2.58. The van der Waals surface area contributed by atoms with Gasteiger partial charge in [0.15, 0.2) is 0 Å². The van der Waals surface area contributed by atoms with Crippen LogP contribution in [0.25, 0.3) is 0 Å². The van der Waals surface area contributed by atoms with E-state index in [1.807, 2.05) is 0 Å². The van der Waals surface area contributed by atoms with Crippen molar-refractivity contribution in [3.05, 3.63) is 0 Å². The molecular formula is C26H42N2O5. The van der Waals surface area contributed by atoms with Crippen LogP contribution in [-0.4, -0.2) is 59.1 Å². The Labute approximate surface area is 198 Å². The molecule has 4 fully saturated rings. The second kappa shape index (κ2) is 10.3. The van der Waals surface area contributed by atoms with E-state index in [4.69, 9.17) is 4.74 Å². The summed E-state index contributed by atoms with van der Waals surface area (Å²) in [6.45, 7) is 4.41. The van der Waals surface area contributed by atoms with Gasteiger partial charge in [-0.05, 0) is 75.5 Å². The molecule has 2 N–H and O–H groups in total. The standard InChI is InChI=1S/C26H42N2O5/c1-3-33-25(32)21(12-10-18-7-5-4-6-8-18)27-17(2)23(29)28-16-26(15-22(28)24(30)31)14-19-9-11-20(26)13-19/h17-22,27H,3-16H2,1-2H3,(H,30,31)/t17-,19?,20?,21?,22?,26?/m0/s1. The molecule has 1 aliphatic heterocycles. The van der Waals surface area contributed by atoms with Gasteiger partial charge in [0.1, 0.15) is 12.1 Å². The van der Waals surface area contributed by atoms with E-state index in [0.29, 0.717) is 43.7 Å². The molecule has 0 aromatic heterocycles. The first-order valence-electron chi connectivity index (χ1n) is 13.3. The molecule has 6 atom stereocenters. The molecule has 186 valence electrons. The topological polar surface area (TPSA) is 95.9 Å². The fourth-order valence-corrected chi connectivity index (χ4v) is 7.48. The number of carbonyl (C=O) groups is 3. The number of aliphatic carboxylic acids is 1. The molecule has 1 saturated heterocycles. The number of hydrogen-bond donors (Lipinski definition) is 2. The zero-order valence-electron chi connectivity index (χ0n) is 20.4. The van der Waals surface area contributed by atoms with Crippen molar-refractivity contribution in [2.45, 2.75) is 109 Å². The van der Waals surface area contributed by atoms with Crippen LogP contribution in [0.2, 0.25) is 0 Å². The normalized spacial score (nSPS) is 33.4. The van der Waals surface area contributed by atoms with Gasteiger partial charge in [0.2, 0.25) is 5.91 Å². The van der Waals surface area contributed by atoms with Crippen molar-refractivity contribution in [2.24, 2.45) is 23.2 Å². The molecule has 5 unspecified atom stereocenters. The Morgan fingerprint density at radius 2 is 1.88 bits per heavy atom. The second-order valence-corrected chi connectivity index (χ2v) is 11.2. The number of carbonyl (C=O) groups excluding carboxylic acids is 2. The van der Waals surface area contributed by atoms with Gasteiger partial charge in [0.25, 0.3) is 0 Å². The number of likely N-dealkylation sites (tertiary alicyclic amines) is 1. The van der Waals surface area contributed by atoms with Crippen molar-refractivity contribution in [3.63, 3.8) is 0 Å². The molecule has 0 radical (unpaired) electrons. The van der Waals surface area contributed by atoms with Gasteiger partial charge in [-0.3, -0.25) is 14.9 Å². The molecule has 3 saturated carbocycles. The number of hydrogen-bond acceptors (Lipinski definition) is 5. The summed E-state index contributed by atoms with van der Waals surface area (Å²) in [6, 6.07) is -1.92. The SMILES string of the molecule is CCOC(=O)C(CCC1CCCCC1)N[C@@H](C)C(=O)N1CC2(CC3CCC2C3)CC1C(=O)O. The Balaban J connectivity index is 1.40. The molecule has 4 aliphatic rings. The van der Waals surface area contributed by atoms with Crippen molar-refractivity contribution in [1.29, 1.82) is 0 Å². The van der Waals surface area contributed by atoms with Crippen molar-refractivity contribution in [3.8, 4) is 0 Å². The maximum atomic E-state index is 13.5. The van der Waals surface area contributed by atoms with E-state index in [2.05, 4.69) is 5.32 Å². The number of nitrogens with zero attached hydrogens (tertiary/aromatic N) is 1. The summed E-state index contributed by atoms with van der Waals surface area (Å²) in [6.07, 6.45) is 13.1. The van der Waals surface area contributed by atoms with Crippen LogP contribution in [0, 0.1) is 23.2 Å². The molecule has 1 amide bonds. The molecular weight excluding hydrogens is 420 g/mol. The van der Waals surface area contributed by atoms with Gasteiger partial charge >= 0.3 is 11.9 Å². The van der Waals surface area contributed by atoms with Gasteiger partial charge in [0.05, 0.1) is 12.6 Å². The molecule has 1 heterocycles. The molecule has 3 aliphatic carbocycles. The number of carboxylic acid groups (broad SMARTS) is 1. The monoisotopic (exact) mass is 462 g/mol. The summed E-state index contributed by atoms with van der Waals surface area (Å²) in [4.78, 5) is 39.8. The number of amides is 1. The molecule has 7 heteroatoms. The van der Waals surface area contributed by atoms with Gasteiger partial charge in [-0.15, -0.1) is 0 Å². The van der Waals surface area contributed by atoms with E-state index in [1.54, 1.807) is 18.7 Å². The maximum Gasteiger partial charge on any atom is 0.326 e. The molecule has 4 rings (SSSR count). The minimum atomic E-state index is -0.908. The van der Waals surface area contributed by atoms with Crippen LogP contribution >= 0.6 is 0 Å². The van der Waals surface area contributed by atoms with Crippen molar-refractivity contribution >= 4 is 17.8 Å². The van der Waals surface area contributed by atoms with Gasteiger partial charge < -0.3 is 14.7 Å². The number of ether oxygens (including phenoxy) is 1. The van der Waals surface area contributed by atoms with Gasteiger partial charge in [-0.25, -0.2) is 4.79 Å². The summed E-state index contributed by atoms with van der Waals surface area (Å²) in [5.41, 5.74) is -0.0249. The predicted octanol–water partition coefficient (Wildman–Crippen LogP) is 3.75. The Morgan fingerprint density at radius 1 is 1.12 bits per heavy atom. The largest absolute Gasteiger partial charge is 0.480 e. The van der Waals surface area contributed by atoms with Crippen molar-refractivity contribution < 1.29 is 24.2 Å². The number of esters is 1. The minimum Gasteiger partial charge on any atom is -0.480 e. The number of carboxylic acids is 1. The molecule has 33 heavy (non-hydrogen) atoms. The molecule has 0 aromatic rings. The first-order chi connectivity index (χ1) is 15.8.